The summed E-state index contributed by atoms with van der Waals surface area (Å²) in [5.74, 6) is 0.260. The van der Waals surface area contributed by atoms with Gasteiger partial charge < -0.3 is 14.8 Å². The fourth-order valence-electron chi connectivity index (χ4n) is 2.47. The van der Waals surface area contributed by atoms with E-state index in [9.17, 15) is 13.2 Å². The molecular formula is C21H28N2O5S. The number of rotatable bonds is 9. The zero-order valence-corrected chi connectivity index (χ0v) is 18.0. The zero-order chi connectivity index (χ0) is 21.5. The van der Waals surface area contributed by atoms with Gasteiger partial charge in [0.05, 0.1) is 11.5 Å². The van der Waals surface area contributed by atoms with Crippen molar-refractivity contribution in [2.75, 3.05) is 25.1 Å². The van der Waals surface area contributed by atoms with Crippen molar-refractivity contribution in [3.8, 4) is 5.75 Å². The van der Waals surface area contributed by atoms with Crippen LogP contribution in [0.5, 0.6) is 5.75 Å². The standard InChI is InChI=1S/C21H28N2O5S/c1-5-27-13-14-28-18-8-6-7-16(15-18)20(24)22-17-9-11-19(12-10-17)29(25,26)23-21(2,3)4/h6-12,15,23H,5,13-14H2,1-4H3,(H,22,24). The van der Waals surface area contributed by atoms with Crippen molar-refractivity contribution in [3.63, 3.8) is 0 Å². The second-order valence-electron chi connectivity index (χ2n) is 7.41. The lowest BCUT2D eigenvalue weighted by molar-refractivity contribution is 0.102. The first-order chi connectivity index (χ1) is 13.6. The molecule has 2 aromatic rings. The second kappa shape index (κ2) is 9.87. The molecule has 0 radical (unpaired) electrons. The molecule has 1 amide bonds. The Hall–Kier alpha value is -2.42. The van der Waals surface area contributed by atoms with Gasteiger partial charge in [-0.1, -0.05) is 6.07 Å². The Morgan fingerprint density at radius 1 is 1.03 bits per heavy atom. The van der Waals surface area contributed by atoms with Gasteiger partial charge in [-0.2, -0.15) is 0 Å². The molecule has 29 heavy (non-hydrogen) atoms. The monoisotopic (exact) mass is 420 g/mol. The van der Waals surface area contributed by atoms with Crippen molar-refractivity contribution < 1.29 is 22.7 Å². The van der Waals surface area contributed by atoms with Gasteiger partial charge in [-0.3, -0.25) is 4.79 Å². The van der Waals surface area contributed by atoms with Gasteiger partial charge in [0.25, 0.3) is 5.91 Å². The van der Waals surface area contributed by atoms with Gasteiger partial charge in [-0.15, -0.1) is 0 Å². The molecule has 2 aromatic carbocycles. The molecule has 0 aliphatic carbocycles. The fraction of sp³-hybridized carbons (Fsp3) is 0.381. The van der Waals surface area contributed by atoms with Crippen LogP contribution in [0.2, 0.25) is 0 Å². The van der Waals surface area contributed by atoms with E-state index in [0.717, 1.165) is 0 Å². The summed E-state index contributed by atoms with van der Waals surface area (Å²) in [7, 11) is -3.62. The van der Waals surface area contributed by atoms with E-state index in [1.807, 2.05) is 6.92 Å². The van der Waals surface area contributed by atoms with Crippen molar-refractivity contribution in [2.45, 2.75) is 38.1 Å². The first-order valence-corrected chi connectivity index (χ1v) is 10.8. The molecule has 0 bridgehead atoms. The van der Waals surface area contributed by atoms with Crippen LogP contribution in [0.3, 0.4) is 0 Å². The minimum absolute atomic E-state index is 0.134. The lowest BCUT2D eigenvalue weighted by Crippen LogP contribution is -2.40. The second-order valence-corrected chi connectivity index (χ2v) is 9.09. The zero-order valence-electron chi connectivity index (χ0n) is 17.2. The summed E-state index contributed by atoms with van der Waals surface area (Å²) in [5.41, 5.74) is 0.346. The van der Waals surface area contributed by atoms with E-state index in [4.69, 9.17) is 9.47 Å². The van der Waals surface area contributed by atoms with Gasteiger partial charge in [-0.25, -0.2) is 13.1 Å². The van der Waals surface area contributed by atoms with Crippen LogP contribution in [0.4, 0.5) is 5.69 Å². The largest absolute Gasteiger partial charge is 0.491 e. The molecule has 8 heteroatoms. The lowest BCUT2D eigenvalue weighted by Gasteiger charge is -2.20. The van der Waals surface area contributed by atoms with Crippen molar-refractivity contribution in [2.24, 2.45) is 0 Å². The van der Waals surface area contributed by atoms with Crippen molar-refractivity contribution in [1.29, 1.82) is 0 Å². The molecule has 0 unspecified atom stereocenters. The van der Waals surface area contributed by atoms with Crippen molar-refractivity contribution in [1.82, 2.24) is 4.72 Å². The topological polar surface area (TPSA) is 93.7 Å². The van der Waals surface area contributed by atoms with Gasteiger partial charge in [0.15, 0.2) is 0 Å². The van der Waals surface area contributed by atoms with Crippen LogP contribution in [-0.2, 0) is 14.8 Å². The van der Waals surface area contributed by atoms with E-state index in [2.05, 4.69) is 10.0 Å². The van der Waals surface area contributed by atoms with Crippen LogP contribution in [0.1, 0.15) is 38.1 Å². The number of amides is 1. The van der Waals surface area contributed by atoms with Crippen LogP contribution in [0.25, 0.3) is 0 Å². The molecular weight excluding hydrogens is 392 g/mol. The van der Waals surface area contributed by atoms with Crippen LogP contribution < -0.4 is 14.8 Å². The number of hydrogen-bond acceptors (Lipinski definition) is 5. The predicted octanol–water partition coefficient (Wildman–Crippen LogP) is 3.43. The van der Waals surface area contributed by atoms with Crippen LogP contribution in [0.15, 0.2) is 53.4 Å². The average molecular weight is 421 g/mol. The summed E-state index contributed by atoms with van der Waals surface area (Å²) < 4.78 is 38.1. The number of carbonyl (C=O) groups is 1. The number of nitrogens with one attached hydrogen (secondary N) is 2. The Morgan fingerprint density at radius 3 is 2.34 bits per heavy atom. The van der Waals surface area contributed by atoms with Crippen LogP contribution >= 0.6 is 0 Å². The normalized spacial score (nSPS) is 11.9. The number of benzene rings is 2. The molecule has 2 rings (SSSR count). The molecule has 0 aliphatic rings. The number of carbonyl (C=O) groups excluding carboxylic acids is 1. The lowest BCUT2D eigenvalue weighted by atomic mass is 10.1. The van der Waals surface area contributed by atoms with E-state index in [-0.39, 0.29) is 10.8 Å². The summed E-state index contributed by atoms with van der Waals surface area (Å²) >= 11 is 0. The van der Waals surface area contributed by atoms with Crippen LogP contribution in [0, 0.1) is 0 Å². The minimum Gasteiger partial charge on any atom is -0.491 e. The summed E-state index contributed by atoms with van der Waals surface area (Å²) in [6.45, 7) is 8.73. The first kappa shape index (κ1) is 22.9. The summed E-state index contributed by atoms with van der Waals surface area (Å²) in [5, 5.41) is 2.75. The molecule has 0 saturated carbocycles. The maximum atomic E-state index is 12.5. The summed E-state index contributed by atoms with van der Waals surface area (Å²) in [6.07, 6.45) is 0. The molecule has 0 spiro atoms. The van der Waals surface area contributed by atoms with Crippen molar-refractivity contribution in [3.05, 3.63) is 54.1 Å². The molecule has 0 atom stereocenters. The summed E-state index contributed by atoms with van der Waals surface area (Å²) in [6, 6.07) is 12.8. The average Bonchev–Trinajstić information content (AvgIpc) is 2.64. The molecule has 0 heterocycles. The minimum atomic E-state index is -3.62. The molecule has 0 aromatic heterocycles. The van der Waals surface area contributed by atoms with E-state index < -0.39 is 15.6 Å². The molecule has 2 N–H and O–H groups in total. The molecule has 0 saturated heterocycles. The van der Waals surface area contributed by atoms with Crippen LogP contribution in [-0.4, -0.2) is 39.7 Å². The fourth-order valence-corrected chi connectivity index (χ4v) is 3.89. The van der Waals surface area contributed by atoms with E-state index >= 15 is 0 Å². The predicted molar refractivity (Wildman–Crippen MR) is 113 cm³/mol. The maximum Gasteiger partial charge on any atom is 0.255 e. The molecule has 0 aliphatic heterocycles. The molecule has 7 nitrogen and oxygen atoms in total. The summed E-state index contributed by atoms with van der Waals surface area (Å²) in [4.78, 5) is 12.6. The highest BCUT2D eigenvalue weighted by atomic mass is 32.2. The van der Waals surface area contributed by atoms with Gasteiger partial charge in [0.2, 0.25) is 10.0 Å². The maximum absolute atomic E-state index is 12.5. The smallest absolute Gasteiger partial charge is 0.255 e. The third kappa shape index (κ3) is 7.49. The highest BCUT2D eigenvalue weighted by molar-refractivity contribution is 7.89. The highest BCUT2D eigenvalue weighted by Crippen LogP contribution is 2.18. The third-order valence-electron chi connectivity index (χ3n) is 3.66. The number of hydrogen-bond donors (Lipinski definition) is 2. The van der Waals surface area contributed by atoms with Gasteiger partial charge >= 0.3 is 0 Å². The van der Waals surface area contributed by atoms with Crippen molar-refractivity contribution >= 4 is 21.6 Å². The highest BCUT2D eigenvalue weighted by Gasteiger charge is 2.21. The Morgan fingerprint density at radius 2 is 1.72 bits per heavy atom. The van der Waals surface area contributed by atoms with E-state index in [1.54, 1.807) is 57.2 Å². The molecule has 0 fully saturated rings. The first-order valence-electron chi connectivity index (χ1n) is 9.37. The van der Waals surface area contributed by atoms with E-state index in [0.29, 0.717) is 36.8 Å². The van der Waals surface area contributed by atoms with Gasteiger partial charge in [0.1, 0.15) is 12.4 Å². The molecule has 158 valence electrons. The quantitative estimate of drug-likeness (QED) is 0.606. The van der Waals surface area contributed by atoms with Gasteiger partial charge in [-0.05, 0) is 70.2 Å². The Bertz CT molecular complexity index is 919. The number of sulfonamides is 1. The number of anilines is 1. The Balaban J connectivity index is 2.02. The van der Waals surface area contributed by atoms with Gasteiger partial charge in [0, 0.05) is 23.4 Å². The SMILES string of the molecule is CCOCCOc1cccc(C(=O)Nc2ccc(S(=O)(=O)NC(C)(C)C)cc2)c1. The Kier molecular flexibility index (Phi) is 7.78. The third-order valence-corrected chi connectivity index (χ3v) is 5.43. The van der Waals surface area contributed by atoms with E-state index in [1.165, 1.54) is 12.1 Å². The Labute approximate surface area is 172 Å². The number of ether oxygens (including phenoxy) is 2.